The van der Waals surface area contributed by atoms with Crippen molar-refractivity contribution in [2.45, 2.75) is 50.7 Å². The molecule has 4 nitrogen and oxygen atoms in total. The molecule has 0 saturated heterocycles. The lowest BCUT2D eigenvalue weighted by Crippen LogP contribution is -2.56. The van der Waals surface area contributed by atoms with Crippen molar-refractivity contribution < 1.29 is 0 Å². The molecule has 2 N–H and O–H groups in total. The summed E-state index contributed by atoms with van der Waals surface area (Å²) < 4.78 is 0. The zero-order valence-corrected chi connectivity index (χ0v) is 13.9. The van der Waals surface area contributed by atoms with Crippen LogP contribution in [0.2, 0.25) is 0 Å². The topological polar surface area (TPSA) is 39.7 Å². The van der Waals surface area contributed by atoms with Gasteiger partial charge in [0.1, 0.15) is 11.5 Å². The summed E-state index contributed by atoms with van der Waals surface area (Å²) >= 11 is 0. The smallest absolute Gasteiger partial charge is 0.144 e. The number of fused-ring (bicyclic) bond motifs is 3. The van der Waals surface area contributed by atoms with Crippen molar-refractivity contribution in [1.29, 1.82) is 0 Å². The highest BCUT2D eigenvalue weighted by Crippen LogP contribution is 2.48. The van der Waals surface area contributed by atoms with Gasteiger partial charge in [0.05, 0.1) is 0 Å². The van der Waals surface area contributed by atoms with E-state index in [1.807, 2.05) is 0 Å². The van der Waals surface area contributed by atoms with Gasteiger partial charge in [-0.2, -0.15) is 0 Å². The first-order chi connectivity index (χ1) is 11.2. The van der Waals surface area contributed by atoms with Crippen LogP contribution in [0.25, 0.3) is 0 Å². The molecule has 4 heteroatoms. The van der Waals surface area contributed by atoms with E-state index in [2.05, 4.69) is 41.0 Å². The molecule has 1 atom stereocenters. The molecule has 3 fully saturated rings. The summed E-state index contributed by atoms with van der Waals surface area (Å²) in [5.74, 6) is 2.64. The molecule has 5 aliphatic rings. The first-order valence-corrected chi connectivity index (χ1v) is 9.16. The fraction of sp³-hybridized carbons (Fsp3) is 0.632. The largest absolute Gasteiger partial charge is 0.303 e. The SMILES string of the molecule is CN1CCc2cc(C3=N[C@@]4(CC5CCC4CC5)NN3)ccc2C1. The molecule has 0 amide bonds. The van der Waals surface area contributed by atoms with E-state index in [9.17, 15) is 0 Å². The molecule has 6 rings (SSSR count). The molecule has 2 bridgehead atoms. The molecule has 3 aliphatic carbocycles. The summed E-state index contributed by atoms with van der Waals surface area (Å²) in [4.78, 5) is 7.57. The predicted molar refractivity (Wildman–Crippen MR) is 92.1 cm³/mol. The van der Waals surface area contributed by atoms with Crippen molar-refractivity contribution in [3.05, 3.63) is 34.9 Å². The zero-order chi connectivity index (χ0) is 15.4. The Morgan fingerprint density at radius 2 is 2.04 bits per heavy atom. The fourth-order valence-electron chi connectivity index (χ4n) is 5.14. The van der Waals surface area contributed by atoms with Crippen LogP contribution in [0.3, 0.4) is 0 Å². The van der Waals surface area contributed by atoms with Crippen LogP contribution in [0.4, 0.5) is 0 Å². The number of nitrogens with zero attached hydrogens (tertiary/aromatic N) is 2. The number of nitrogens with one attached hydrogen (secondary N) is 2. The van der Waals surface area contributed by atoms with Crippen LogP contribution >= 0.6 is 0 Å². The maximum atomic E-state index is 5.18. The third-order valence-corrected chi connectivity index (χ3v) is 6.51. The van der Waals surface area contributed by atoms with E-state index in [4.69, 9.17) is 4.99 Å². The molecule has 2 heterocycles. The number of benzene rings is 1. The summed E-state index contributed by atoms with van der Waals surface area (Å²) in [6.45, 7) is 2.23. The predicted octanol–water partition coefficient (Wildman–Crippen LogP) is 2.44. The van der Waals surface area contributed by atoms with E-state index < -0.39 is 0 Å². The second-order valence-corrected chi connectivity index (χ2v) is 8.03. The van der Waals surface area contributed by atoms with E-state index in [0.717, 1.165) is 31.3 Å². The van der Waals surface area contributed by atoms with E-state index in [-0.39, 0.29) is 5.66 Å². The molecular formula is C19H26N4. The van der Waals surface area contributed by atoms with Crippen molar-refractivity contribution in [1.82, 2.24) is 15.8 Å². The van der Waals surface area contributed by atoms with Gasteiger partial charge in [0.15, 0.2) is 0 Å². The van der Waals surface area contributed by atoms with Gasteiger partial charge in [0.2, 0.25) is 0 Å². The maximum Gasteiger partial charge on any atom is 0.144 e. The molecule has 0 unspecified atom stereocenters. The molecule has 122 valence electrons. The quantitative estimate of drug-likeness (QED) is 0.837. The van der Waals surface area contributed by atoms with Crippen molar-refractivity contribution in [3.63, 3.8) is 0 Å². The molecule has 1 aromatic rings. The Bertz CT molecular complexity index is 659. The number of amidine groups is 1. The van der Waals surface area contributed by atoms with Crippen molar-refractivity contribution in [2.24, 2.45) is 16.8 Å². The van der Waals surface area contributed by atoms with Gasteiger partial charge < -0.3 is 10.3 Å². The summed E-state index contributed by atoms with van der Waals surface area (Å²) in [5, 5.41) is 0. The van der Waals surface area contributed by atoms with Gasteiger partial charge in [-0.05, 0) is 74.6 Å². The van der Waals surface area contributed by atoms with Gasteiger partial charge >= 0.3 is 0 Å². The van der Waals surface area contributed by atoms with Gasteiger partial charge in [-0.25, -0.2) is 10.4 Å². The lowest BCUT2D eigenvalue weighted by molar-refractivity contribution is 0.0506. The van der Waals surface area contributed by atoms with Crippen molar-refractivity contribution in [2.75, 3.05) is 13.6 Å². The van der Waals surface area contributed by atoms with Crippen molar-refractivity contribution >= 4 is 5.84 Å². The summed E-state index contributed by atoms with van der Waals surface area (Å²) in [7, 11) is 2.20. The van der Waals surface area contributed by atoms with Crippen LogP contribution in [0, 0.1) is 11.8 Å². The Labute approximate surface area is 138 Å². The Morgan fingerprint density at radius 1 is 1.17 bits per heavy atom. The lowest BCUT2D eigenvalue weighted by atomic mass is 9.65. The maximum absolute atomic E-state index is 5.18. The second-order valence-electron chi connectivity index (χ2n) is 8.03. The van der Waals surface area contributed by atoms with Crippen LogP contribution < -0.4 is 10.9 Å². The number of rotatable bonds is 1. The van der Waals surface area contributed by atoms with Gasteiger partial charge in [-0.3, -0.25) is 0 Å². The van der Waals surface area contributed by atoms with E-state index in [1.54, 1.807) is 0 Å². The summed E-state index contributed by atoms with van der Waals surface area (Å²) in [6.07, 6.45) is 7.86. The van der Waals surface area contributed by atoms with Gasteiger partial charge in [0.25, 0.3) is 0 Å². The Balaban J connectivity index is 1.45. The van der Waals surface area contributed by atoms with Crippen LogP contribution in [0.15, 0.2) is 23.2 Å². The third kappa shape index (κ3) is 2.23. The Kier molecular flexibility index (Phi) is 3.07. The number of aliphatic imine (C=N–C) groups is 1. The summed E-state index contributed by atoms with van der Waals surface area (Å²) in [6, 6.07) is 6.89. The van der Waals surface area contributed by atoms with Gasteiger partial charge in [0, 0.05) is 18.7 Å². The zero-order valence-electron chi connectivity index (χ0n) is 13.9. The van der Waals surface area contributed by atoms with E-state index in [0.29, 0.717) is 5.92 Å². The highest BCUT2D eigenvalue weighted by atomic mass is 15.5. The minimum Gasteiger partial charge on any atom is -0.303 e. The molecule has 0 aromatic heterocycles. The number of hydrogen-bond donors (Lipinski definition) is 2. The molecule has 1 spiro atoms. The summed E-state index contributed by atoms with van der Waals surface area (Å²) in [5.41, 5.74) is 11.2. The van der Waals surface area contributed by atoms with Crippen LogP contribution in [0.5, 0.6) is 0 Å². The van der Waals surface area contributed by atoms with Crippen LogP contribution in [0.1, 0.15) is 48.8 Å². The Morgan fingerprint density at radius 3 is 2.83 bits per heavy atom. The first kappa shape index (κ1) is 14.0. The van der Waals surface area contributed by atoms with Gasteiger partial charge in [-0.15, -0.1) is 0 Å². The monoisotopic (exact) mass is 310 g/mol. The molecule has 0 radical (unpaired) electrons. The normalized spacial score (nSPS) is 36.0. The standard InChI is InChI=1S/C19H26N4/c1-23-9-8-14-10-15(4-5-16(14)12-23)18-20-19(22-21-18)11-13-2-6-17(19)7-3-13/h4-5,10,13,17,22H,2-3,6-9,11-12H2,1H3,(H,20,21)/t13?,17?,19-/m0/s1. The number of hydrogen-bond acceptors (Lipinski definition) is 4. The average Bonchev–Trinajstić information content (AvgIpc) is 2.99. The molecule has 3 saturated carbocycles. The van der Waals surface area contributed by atoms with E-state index >= 15 is 0 Å². The van der Waals surface area contributed by atoms with Crippen molar-refractivity contribution in [3.8, 4) is 0 Å². The molecular weight excluding hydrogens is 284 g/mol. The highest BCUT2D eigenvalue weighted by Gasteiger charge is 2.49. The van der Waals surface area contributed by atoms with Crippen LogP contribution in [-0.2, 0) is 13.0 Å². The first-order valence-electron chi connectivity index (χ1n) is 9.16. The Hall–Kier alpha value is -1.39. The number of hydrazine groups is 1. The fourth-order valence-corrected chi connectivity index (χ4v) is 5.14. The highest BCUT2D eigenvalue weighted by molar-refractivity contribution is 6.00. The van der Waals surface area contributed by atoms with Crippen LogP contribution in [-0.4, -0.2) is 30.0 Å². The second kappa shape index (κ2) is 5.05. The van der Waals surface area contributed by atoms with E-state index in [1.165, 1.54) is 48.8 Å². The minimum absolute atomic E-state index is 0.0212. The van der Waals surface area contributed by atoms with Gasteiger partial charge in [-0.1, -0.05) is 12.1 Å². The molecule has 2 aliphatic heterocycles. The average molecular weight is 310 g/mol. The number of likely N-dealkylation sites (N-methyl/N-ethyl adjacent to an activating group) is 1. The minimum atomic E-state index is -0.0212. The third-order valence-electron chi connectivity index (χ3n) is 6.51. The lowest BCUT2D eigenvalue weighted by Gasteiger charge is -2.47. The molecule has 23 heavy (non-hydrogen) atoms. The molecule has 1 aromatic carbocycles.